The molecule has 0 spiro atoms. The Labute approximate surface area is 62.8 Å². The Hall–Kier alpha value is -0.330. The molecule has 0 amide bonds. The Morgan fingerprint density at radius 2 is 2.10 bits per heavy atom. The summed E-state index contributed by atoms with van der Waals surface area (Å²) < 4.78 is 0. The van der Waals surface area contributed by atoms with Crippen LogP contribution in [0.2, 0.25) is 0 Å². The molecular weight excluding hydrogens is 124 g/mol. The molecule has 1 nitrogen and oxygen atoms in total. The Morgan fingerprint density at radius 3 is 2.50 bits per heavy atom. The predicted octanol–water partition coefficient (Wildman–Crippen LogP) is 2.26. The quantitative estimate of drug-likeness (QED) is 0.547. The summed E-state index contributed by atoms with van der Waals surface area (Å²) in [7, 11) is 0. The second kappa shape index (κ2) is 3.18. The molecule has 1 aliphatic carbocycles. The van der Waals surface area contributed by atoms with Crippen molar-refractivity contribution >= 4 is 6.29 Å². The van der Waals surface area contributed by atoms with Gasteiger partial charge in [-0.2, -0.15) is 0 Å². The Morgan fingerprint density at radius 1 is 1.50 bits per heavy atom. The van der Waals surface area contributed by atoms with Gasteiger partial charge >= 0.3 is 0 Å². The second-order valence-electron chi connectivity index (χ2n) is 3.66. The van der Waals surface area contributed by atoms with Gasteiger partial charge < -0.3 is 4.79 Å². The third-order valence-corrected chi connectivity index (χ3v) is 2.40. The molecule has 1 saturated carbocycles. The molecule has 1 rings (SSSR count). The van der Waals surface area contributed by atoms with Crippen LogP contribution in [0.1, 0.15) is 33.1 Å². The van der Waals surface area contributed by atoms with E-state index in [2.05, 4.69) is 6.92 Å². The fourth-order valence-electron chi connectivity index (χ4n) is 1.50. The van der Waals surface area contributed by atoms with E-state index in [4.69, 9.17) is 0 Å². The lowest BCUT2D eigenvalue weighted by Gasteiger charge is -2.10. The number of carbonyl (C=O) groups excluding carboxylic acids is 1. The van der Waals surface area contributed by atoms with Gasteiger partial charge in [-0.05, 0) is 31.1 Å². The first-order valence-corrected chi connectivity index (χ1v) is 4.19. The van der Waals surface area contributed by atoms with Crippen LogP contribution < -0.4 is 0 Å². The van der Waals surface area contributed by atoms with E-state index in [1.165, 1.54) is 12.8 Å². The van der Waals surface area contributed by atoms with Crippen molar-refractivity contribution in [1.29, 1.82) is 0 Å². The van der Waals surface area contributed by atoms with E-state index in [0.717, 1.165) is 24.5 Å². The normalized spacial score (nSPS) is 23.8. The smallest absolute Gasteiger partial charge is 0.122 e. The van der Waals surface area contributed by atoms with Crippen LogP contribution in [-0.4, -0.2) is 6.29 Å². The van der Waals surface area contributed by atoms with Gasteiger partial charge in [0, 0.05) is 5.92 Å². The third-order valence-electron chi connectivity index (χ3n) is 2.40. The Kier molecular flexibility index (Phi) is 2.47. The predicted molar refractivity (Wildman–Crippen MR) is 41.7 cm³/mol. The van der Waals surface area contributed by atoms with Gasteiger partial charge in [0.15, 0.2) is 0 Å². The Balaban J connectivity index is 2.15. The Bertz CT molecular complexity index is 116. The maximum atomic E-state index is 10.3. The van der Waals surface area contributed by atoms with E-state index in [1.807, 2.05) is 6.92 Å². The summed E-state index contributed by atoms with van der Waals surface area (Å²) in [5.74, 6) is 2.00. The van der Waals surface area contributed by atoms with E-state index in [-0.39, 0.29) is 5.92 Å². The van der Waals surface area contributed by atoms with Crippen molar-refractivity contribution in [3.8, 4) is 0 Å². The van der Waals surface area contributed by atoms with E-state index >= 15 is 0 Å². The van der Waals surface area contributed by atoms with E-state index in [1.54, 1.807) is 0 Å². The van der Waals surface area contributed by atoms with Crippen molar-refractivity contribution in [1.82, 2.24) is 0 Å². The SMILES string of the molecule is CC(C=O)CC(C)C1CC1. The molecule has 0 heterocycles. The molecule has 0 aromatic heterocycles. The average Bonchev–Trinajstić information content (AvgIpc) is 2.68. The minimum Gasteiger partial charge on any atom is -0.303 e. The number of hydrogen-bond donors (Lipinski definition) is 0. The van der Waals surface area contributed by atoms with Crippen LogP contribution in [-0.2, 0) is 4.79 Å². The van der Waals surface area contributed by atoms with Crippen LogP contribution in [0.5, 0.6) is 0 Å². The average molecular weight is 140 g/mol. The maximum absolute atomic E-state index is 10.3. The summed E-state index contributed by atoms with van der Waals surface area (Å²) in [6.07, 6.45) is 4.95. The van der Waals surface area contributed by atoms with Crippen molar-refractivity contribution in [2.24, 2.45) is 17.8 Å². The summed E-state index contributed by atoms with van der Waals surface area (Å²) in [5, 5.41) is 0. The zero-order chi connectivity index (χ0) is 7.56. The van der Waals surface area contributed by atoms with Crippen LogP contribution in [0.3, 0.4) is 0 Å². The van der Waals surface area contributed by atoms with Crippen LogP contribution in [0.25, 0.3) is 0 Å². The van der Waals surface area contributed by atoms with Crippen molar-refractivity contribution in [2.45, 2.75) is 33.1 Å². The summed E-state index contributed by atoms with van der Waals surface area (Å²) in [4.78, 5) is 10.3. The molecule has 0 aliphatic heterocycles. The van der Waals surface area contributed by atoms with Crippen molar-refractivity contribution < 1.29 is 4.79 Å². The minimum absolute atomic E-state index is 0.274. The van der Waals surface area contributed by atoms with Crippen LogP contribution in [0.4, 0.5) is 0 Å². The molecule has 0 bridgehead atoms. The topological polar surface area (TPSA) is 17.1 Å². The van der Waals surface area contributed by atoms with Crippen molar-refractivity contribution in [2.75, 3.05) is 0 Å². The molecule has 0 aromatic rings. The molecule has 2 unspecified atom stereocenters. The third kappa shape index (κ3) is 2.13. The van der Waals surface area contributed by atoms with Gasteiger partial charge in [0.25, 0.3) is 0 Å². The highest BCUT2D eigenvalue weighted by Gasteiger charge is 2.28. The highest BCUT2D eigenvalue weighted by molar-refractivity contribution is 5.52. The zero-order valence-electron chi connectivity index (χ0n) is 6.84. The molecular formula is C9H16O. The second-order valence-corrected chi connectivity index (χ2v) is 3.66. The lowest BCUT2D eigenvalue weighted by molar-refractivity contribution is -0.111. The van der Waals surface area contributed by atoms with Gasteiger partial charge in [-0.1, -0.05) is 13.8 Å². The molecule has 10 heavy (non-hydrogen) atoms. The monoisotopic (exact) mass is 140 g/mol. The number of hydrogen-bond acceptors (Lipinski definition) is 1. The van der Waals surface area contributed by atoms with Crippen molar-refractivity contribution in [3.05, 3.63) is 0 Å². The lowest BCUT2D eigenvalue weighted by atomic mass is 9.95. The number of aldehydes is 1. The zero-order valence-corrected chi connectivity index (χ0v) is 6.84. The van der Waals surface area contributed by atoms with Gasteiger partial charge in [0.1, 0.15) is 6.29 Å². The van der Waals surface area contributed by atoms with Crippen molar-refractivity contribution in [3.63, 3.8) is 0 Å². The molecule has 1 heteroatoms. The molecule has 58 valence electrons. The van der Waals surface area contributed by atoms with E-state index in [9.17, 15) is 4.79 Å². The largest absolute Gasteiger partial charge is 0.303 e. The first-order valence-electron chi connectivity index (χ1n) is 4.19. The summed E-state index contributed by atoms with van der Waals surface area (Å²) in [5.41, 5.74) is 0. The van der Waals surface area contributed by atoms with Crippen LogP contribution in [0, 0.1) is 17.8 Å². The molecule has 2 atom stereocenters. The maximum Gasteiger partial charge on any atom is 0.122 e. The molecule has 0 N–H and O–H groups in total. The lowest BCUT2D eigenvalue weighted by Crippen LogP contribution is -2.05. The van der Waals surface area contributed by atoms with Gasteiger partial charge in [0.2, 0.25) is 0 Å². The standard InChI is InChI=1S/C9H16O/c1-7(6-10)5-8(2)9-3-4-9/h6-9H,3-5H2,1-2H3. The minimum atomic E-state index is 0.274. The molecule has 0 saturated heterocycles. The molecule has 0 radical (unpaired) electrons. The molecule has 1 aliphatic rings. The highest BCUT2D eigenvalue weighted by atomic mass is 16.1. The first-order chi connectivity index (χ1) is 4.74. The van der Waals surface area contributed by atoms with Gasteiger partial charge in [-0.3, -0.25) is 0 Å². The van der Waals surface area contributed by atoms with Gasteiger partial charge in [-0.25, -0.2) is 0 Å². The highest BCUT2D eigenvalue weighted by Crippen LogP contribution is 2.39. The summed E-state index contributed by atoms with van der Waals surface area (Å²) in [6, 6.07) is 0. The molecule has 0 aromatic carbocycles. The number of rotatable bonds is 4. The molecule has 1 fully saturated rings. The fourth-order valence-corrected chi connectivity index (χ4v) is 1.50. The van der Waals surface area contributed by atoms with Crippen LogP contribution >= 0.6 is 0 Å². The van der Waals surface area contributed by atoms with E-state index in [0.29, 0.717) is 0 Å². The van der Waals surface area contributed by atoms with Gasteiger partial charge in [-0.15, -0.1) is 0 Å². The van der Waals surface area contributed by atoms with Crippen LogP contribution in [0.15, 0.2) is 0 Å². The van der Waals surface area contributed by atoms with Gasteiger partial charge in [0.05, 0.1) is 0 Å². The first kappa shape index (κ1) is 7.77. The summed E-state index contributed by atoms with van der Waals surface area (Å²) in [6.45, 7) is 4.27. The number of carbonyl (C=O) groups is 1. The summed E-state index contributed by atoms with van der Waals surface area (Å²) >= 11 is 0. The van der Waals surface area contributed by atoms with E-state index < -0.39 is 0 Å². The fraction of sp³-hybridized carbons (Fsp3) is 0.889.